The maximum Gasteiger partial charge on any atom is 0.243 e. The van der Waals surface area contributed by atoms with Gasteiger partial charge in [0.05, 0.1) is 0 Å². The molecule has 0 nitrogen and oxygen atoms in total. The van der Waals surface area contributed by atoms with Crippen LogP contribution in [0.25, 0.3) is 11.1 Å². The van der Waals surface area contributed by atoms with Crippen LogP contribution in [-0.2, 0) is 0 Å². The summed E-state index contributed by atoms with van der Waals surface area (Å²) in [6.45, 7) is 11.8. The lowest BCUT2D eigenvalue weighted by molar-refractivity contribution is 1.35. The average Bonchev–Trinajstić information content (AvgIpc) is 3.59. The molecule has 9 aromatic rings. The van der Waals surface area contributed by atoms with E-state index in [-0.39, 0.29) is 6.71 Å². The van der Waals surface area contributed by atoms with Crippen molar-refractivity contribution in [2.24, 2.45) is 0 Å². The summed E-state index contributed by atoms with van der Waals surface area (Å²) in [4.78, 5) is 0. The highest BCUT2D eigenvalue weighted by Crippen LogP contribution is 2.28. The summed E-state index contributed by atoms with van der Waals surface area (Å²) in [7, 11) is -5.70. The van der Waals surface area contributed by atoms with Crippen molar-refractivity contribution in [2.45, 2.75) is 34.6 Å². The van der Waals surface area contributed by atoms with Crippen molar-refractivity contribution in [2.75, 3.05) is 0 Å². The second kappa shape index (κ2) is 16.1. The van der Waals surface area contributed by atoms with Crippen LogP contribution in [-0.4, -0.2) is 22.9 Å². The quantitative estimate of drug-likeness (QED) is 0.116. The molecule has 0 fully saturated rings. The van der Waals surface area contributed by atoms with Gasteiger partial charge in [0.2, 0.25) is 6.71 Å². The van der Waals surface area contributed by atoms with E-state index in [1.165, 1.54) is 96.8 Å². The first-order valence-electron chi connectivity index (χ1n) is 22.0. The first-order valence-corrected chi connectivity index (χ1v) is 26.0. The number of hydrogen-bond donors (Lipinski definition) is 0. The molecule has 0 saturated heterocycles. The Morgan fingerprint density at radius 3 is 0.806 bits per heavy atom. The van der Waals surface area contributed by atoms with Gasteiger partial charge >= 0.3 is 0 Å². The van der Waals surface area contributed by atoms with E-state index >= 15 is 0 Å². The van der Waals surface area contributed by atoms with E-state index < -0.39 is 16.1 Å². The topological polar surface area (TPSA) is 0 Å². The van der Waals surface area contributed by atoms with Crippen LogP contribution in [0.2, 0.25) is 0 Å². The zero-order chi connectivity index (χ0) is 42.4. The maximum absolute atomic E-state index is 2.85. The fraction of sp³-hybridized carbons (Fsp3) is 0.0847. The Morgan fingerprint density at radius 1 is 0.290 bits per heavy atom. The molecule has 0 saturated carbocycles. The number of benzene rings is 9. The van der Waals surface area contributed by atoms with E-state index in [1.54, 1.807) is 0 Å². The third-order valence-corrected chi connectivity index (χ3v) is 23.7. The summed E-state index contributed by atoms with van der Waals surface area (Å²) in [6, 6.07) is 83.7. The predicted octanol–water partition coefficient (Wildman–Crippen LogP) is 6.48. The third kappa shape index (κ3) is 6.25. The van der Waals surface area contributed by atoms with Gasteiger partial charge in [-0.3, -0.25) is 0 Å². The molecule has 62 heavy (non-hydrogen) atoms. The molecule has 0 spiro atoms. The largest absolute Gasteiger partial charge is 0.243 e. The van der Waals surface area contributed by atoms with Crippen molar-refractivity contribution >= 4 is 80.7 Å². The maximum atomic E-state index is 2.66. The number of rotatable bonds is 9. The summed E-state index contributed by atoms with van der Waals surface area (Å²) in [6.07, 6.45) is 0. The number of aryl methyl sites for hydroxylation is 5. The molecule has 0 aliphatic carbocycles. The van der Waals surface area contributed by atoms with Gasteiger partial charge in [-0.1, -0.05) is 263 Å². The minimum absolute atomic E-state index is 0.114. The Labute approximate surface area is 370 Å². The molecule has 9 aromatic carbocycles. The van der Waals surface area contributed by atoms with Crippen LogP contribution in [0.15, 0.2) is 218 Å². The van der Waals surface area contributed by atoms with Crippen LogP contribution >= 0.6 is 0 Å². The van der Waals surface area contributed by atoms with Gasteiger partial charge in [0, 0.05) is 0 Å². The molecule has 0 aromatic heterocycles. The van der Waals surface area contributed by atoms with Crippen LogP contribution in [0.1, 0.15) is 27.8 Å². The Balaban J connectivity index is 1.35. The molecule has 0 amide bonds. The molecule has 0 atom stereocenters. The monoisotopic (exact) mass is 826 g/mol. The molecule has 0 bridgehead atoms. The van der Waals surface area contributed by atoms with E-state index in [0.717, 1.165) is 0 Å². The van der Waals surface area contributed by atoms with Crippen molar-refractivity contribution in [3.8, 4) is 11.1 Å². The molecule has 1 aliphatic rings. The Bertz CT molecular complexity index is 2640. The van der Waals surface area contributed by atoms with Gasteiger partial charge in [-0.15, -0.1) is 0 Å². The van der Waals surface area contributed by atoms with Gasteiger partial charge in [0.25, 0.3) is 0 Å². The van der Waals surface area contributed by atoms with Crippen molar-refractivity contribution in [3.63, 3.8) is 0 Å². The Kier molecular flexibility index (Phi) is 10.3. The molecular formula is C59H51BSi2. The van der Waals surface area contributed by atoms with Crippen molar-refractivity contribution < 1.29 is 0 Å². The molecular weight excluding hydrogens is 776 g/mol. The highest BCUT2D eigenvalue weighted by atomic mass is 28.3. The molecule has 0 radical (unpaired) electrons. The molecule has 298 valence electrons. The van der Waals surface area contributed by atoms with E-state index in [2.05, 4.69) is 253 Å². The van der Waals surface area contributed by atoms with Gasteiger partial charge < -0.3 is 0 Å². The average molecular weight is 827 g/mol. The molecule has 0 N–H and O–H groups in total. The highest BCUT2D eigenvalue weighted by Gasteiger charge is 2.47. The van der Waals surface area contributed by atoms with Crippen LogP contribution in [0.4, 0.5) is 0 Å². The SMILES string of the molecule is Cc1cc(C)c(B2c3cc(C)c([Si](c4ccccc4)(c4ccccc4)c4ccccc4)cc3-c3cc([Si](c4ccccc4)(c4ccccc4)c4ccccc4)c(C)cc32)c(C)c1. The predicted molar refractivity (Wildman–Crippen MR) is 274 cm³/mol. The summed E-state index contributed by atoms with van der Waals surface area (Å²) in [5.74, 6) is 0. The smallest absolute Gasteiger partial charge is 0.0635 e. The zero-order valence-corrected chi connectivity index (χ0v) is 38.4. The highest BCUT2D eigenvalue weighted by molar-refractivity contribution is 7.21. The van der Waals surface area contributed by atoms with Gasteiger partial charge in [-0.25, -0.2) is 0 Å². The second-order valence-electron chi connectivity index (χ2n) is 17.5. The van der Waals surface area contributed by atoms with Crippen LogP contribution < -0.4 is 57.9 Å². The summed E-state index contributed by atoms with van der Waals surface area (Å²) >= 11 is 0. The van der Waals surface area contributed by atoms with Crippen LogP contribution in [0, 0.1) is 34.6 Å². The standard InChI is InChI=1S/C59H51BSi2/c1-42-36-45(4)59(46(5)37-42)60-55-38-43(2)57(61(47-24-12-6-13-25-47,48-26-14-7-15-27-48)49-28-16-8-17-29-49)40-53(55)54-41-58(44(3)39-56(54)60)62(50-30-18-9-19-31-50,51-32-20-10-21-33-51)52-34-22-11-23-35-52/h6-41H,1-5H3. The Morgan fingerprint density at radius 2 is 0.548 bits per heavy atom. The molecule has 3 heteroatoms. The van der Waals surface area contributed by atoms with Crippen molar-refractivity contribution in [1.29, 1.82) is 0 Å². The molecule has 0 unspecified atom stereocenters. The van der Waals surface area contributed by atoms with Crippen LogP contribution in [0.5, 0.6) is 0 Å². The number of fused-ring (bicyclic) bond motifs is 3. The fourth-order valence-electron chi connectivity index (χ4n) is 11.4. The summed E-state index contributed by atoms with van der Waals surface area (Å²) < 4.78 is 0. The minimum atomic E-state index is -2.85. The second-order valence-corrected chi connectivity index (χ2v) is 25.0. The van der Waals surface area contributed by atoms with Crippen molar-refractivity contribution in [3.05, 3.63) is 246 Å². The third-order valence-electron chi connectivity index (χ3n) is 13.8. The normalized spacial score (nSPS) is 12.2. The first kappa shape index (κ1) is 39.6. The van der Waals surface area contributed by atoms with Crippen molar-refractivity contribution in [1.82, 2.24) is 0 Å². The van der Waals surface area contributed by atoms with E-state index in [1.807, 2.05) is 0 Å². The number of hydrogen-bond acceptors (Lipinski definition) is 0. The zero-order valence-electron chi connectivity index (χ0n) is 36.4. The molecule has 1 aliphatic heterocycles. The lowest BCUT2D eigenvalue weighted by atomic mass is 9.37. The first-order chi connectivity index (χ1) is 30.3. The van der Waals surface area contributed by atoms with Gasteiger partial charge in [-0.2, -0.15) is 0 Å². The van der Waals surface area contributed by atoms with E-state index in [9.17, 15) is 0 Å². The fourth-order valence-corrected chi connectivity index (χ4v) is 21.5. The van der Waals surface area contributed by atoms with Gasteiger partial charge in [0.15, 0.2) is 16.1 Å². The summed E-state index contributed by atoms with van der Waals surface area (Å²) in [5.41, 5.74) is 13.7. The molecule has 1 heterocycles. The van der Waals surface area contributed by atoms with Crippen LogP contribution in [0.3, 0.4) is 0 Å². The van der Waals surface area contributed by atoms with Gasteiger partial charge in [-0.05, 0) is 87.2 Å². The van der Waals surface area contributed by atoms with Gasteiger partial charge in [0.1, 0.15) is 0 Å². The lowest BCUT2D eigenvalue weighted by Gasteiger charge is -2.36. The molecule has 10 rings (SSSR count). The van der Waals surface area contributed by atoms with E-state index in [4.69, 9.17) is 0 Å². The summed E-state index contributed by atoms with van der Waals surface area (Å²) in [5, 5.41) is 11.3. The van der Waals surface area contributed by atoms with E-state index in [0.29, 0.717) is 0 Å². The lowest BCUT2D eigenvalue weighted by Crippen LogP contribution is -2.75. The Hall–Kier alpha value is -6.52. The minimum Gasteiger partial charge on any atom is -0.0635 e.